The molecule has 0 aliphatic carbocycles. The van der Waals surface area contributed by atoms with Gasteiger partial charge in [-0.05, 0) is 18.9 Å². The van der Waals surface area contributed by atoms with Gasteiger partial charge in [0.2, 0.25) is 0 Å². The zero-order valence-electron chi connectivity index (χ0n) is 10.5. The molecule has 3 N–H and O–H groups in total. The van der Waals surface area contributed by atoms with Gasteiger partial charge in [0.05, 0.1) is 11.1 Å². The Morgan fingerprint density at radius 3 is 3.17 bits per heavy atom. The van der Waals surface area contributed by atoms with E-state index in [1.165, 1.54) is 11.3 Å². The molecule has 0 spiro atoms. The summed E-state index contributed by atoms with van der Waals surface area (Å²) < 4.78 is 0. The van der Waals surface area contributed by atoms with Crippen LogP contribution in [0.3, 0.4) is 0 Å². The van der Waals surface area contributed by atoms with Crippen LogP contribution in [0.15, 0.2) is 5.38 Å². The van der Waals surface area contributed by atoms with Crippen LogP contribution in [0.5, 0.6) is 0 Å². The van der Waals surface area contributed by atoms with E-state index in [1.54, 1.807) is 10.3 Å². The molecule has 2 rings (SSSR count). The van der Waals surface area contributed by atoms with Crippen LogP contribution >= 0.6 is 11.3 Å². The van der Waals surface area contributed by atoms with Gasteiger partial charge in [0.25, 0.3) is 5.91 Å². The van der Waals surface area contributed by atoms with Crippen LogP contribution < -0.4 is 5.73 Å². The molecule has 0 radical (unpaired) electrons. The first-order valence-electron chi connectivity index (χ1n) is 6.23. The summed E-state index contributed by atoms with van der Waals surface area (Å²) in [6.45, 7) is 3.72. The van der Waals surface area contributed by atoms with Crippen molar-refractivity contribution in [3.63, 3.8) is 0 Å². The maximum Gasteiger partial charge on any atom is 0.273 e. The highest BCUT2D eigenvalue weighted by Crippen LogP contribution is 2.19. The highest BCUT2D eigenvalue weighted by atomic mass is 32.1. The van der Waals surface area contributed by atoms with Crippen LogP contribution in [0.2, 0.25) is 0 Å². The van der Waals surface area contributed by atoms with Crippen molar-refractivity contribution in [1.82, 2.24) is 9.88 Å². The second-order valence-electron chi connectivity index (χ2n) is 4.75. The van der Waals surface area contributed by atoms with Gasteiger partial charge in [-0.25, -0.2) is 4.98 Å². The van der Waals surface area contributed by atoms with Gasteiger partial charge in [-0.2, -0.15) is 0 Å². The van der Waals surface area contributed by atoms with Gasteiger partial charge in [-0.15, -0.1) is 11.3 Å². The third-order valence-electron chi connectivity index (χ3n) is 3.28. The molecule has 0 bridgehead atoms. The van der Waals surface area contributed by atoms with E-state index < -0.39 is 0 Å². The van der Waals surface area contributed by atoms with E-state index in [-0.39, 0.29) is 17.9 Å². The van der Waals surface area contributed by atoms with Crippen molar-refractivity contribution in [2.24, 2.45) is 11.7 Å². The Morgan fingerprint density at radius 1 is 1.72 bits per heavy atom. The van der Waals surface area contributed by atoms with Gasteiger partial charge in [0.15, 0.2) is 0 Å². The predicted octanol–water partition coefficient (Wildman–Crippen LogP) is 0.487. The van der Waals surface area contributed by atoms with Crippen molar-refractivity contribution in [3.8, 4) is 0 Å². The lowest BCUT2D eigenvalue weighted by atomic mass is 9.96. The van der Waals surface area contributed by atoms with E-state index in [2.05, 4.69) is 4.98 Å². The summed E-state index contributed by atoms with van der Waals surface area (Å²) in [5.41, 5.74) is 5.97. The van der Waals surface area contributed by atoms with E-state index in [9.17, 15) is 9.90 Å². The third-order valence-corrected chi connectivity index (χ3v) is 4.18. The number of carbonyl (C=O) groups is 1. The van der Waals surface area contributed by atoms with Gasteiger partial charge in [0.1, 0.15) is 5.69 Å². The number of nitrogens with two attached hydrogens (primary N) is 1. The van der Waals surface area contributed by atoms with Gasteiger partial charge in [-0.3, -0.25) is 4.79 Å². The van der Waals surface area contributed by atoms with E-state index >= 15 is 0 Å². The molecule has 1 aliphatic rings. The number of amides is 1. The van der Waals surface area contributed by atoms with Crippen LogP contribution in [0, 0.1) is 5.92 Å². The van der Waals surface area contributed by atoms with Gasteiger partial charge < -0.3 is 15.7 Å². The third kappa shape index (κ3) is 2.88. The number of nitrogens with zero attached hydrogens (tertiary/aromatic N) is 2. The van der Waals surface area contributed by atoms with Crippen molar-refractivity contribution < 1.29 is 9.90 Å². The van der Waals surface area contributed by atoms with E-state index in [0.29, 0.717) is 38.2 Å². The summed E-state index contributed by atoms with van der Waals surface area (Å²) in [6.07, 6.45) is 1.07. The fourth-order valence-corrected chi connectivity index (χ4v) is 2.92. The summed E-state index contributed by atoms with van der Waals surface area (Å²) in [5, 5.41) is 12.4. The number of piperidine rings is 1. The molecule has 18 heavy (non-hydrogen) atoms. The summed E-state index contributed by atoms with van der Waals surface area (Å²) >= 11 is 1.48. The molecule has 1 fully saturated rings. The van der Waals surface area contributed by atoms with Crippen LogP contribution in [0.25, 0.3) is 0 Å². The van der Waals surface area contributed by atoms with Crippen molar-refractivity contribution in [2.45, 2.75) is 25.9 Å². The molecule has 1 aromatic rings. The number of hydrogen-bond acceptors (Lipinski definition) is 5. The molecule has 2 heterocycles. The Bertz CT molecular complexity index is 421. The van der Waals surface area contributed by atoms with Gasteiger partial charge in [-0.1, -0.05) is 6.92 Å². The first-order chi connectivity index (χ1) is 8.61. The van der Waals surface area contributed by atoms with E-state index in [1.807, 2.05) is 6.92 Å². The zero-order chi connectivity index (χ0) is 13.1. The number of aliphatic hydroxyl groups excluding tert-OH is 1. The molecule has 100 valence electrons. The second kappa shape index (κ2) is 5.77. The molecule has 0 saturated carbocycles. The Labute approximate surface area is 111 Å². The minimum Gasteiger partial charge on any atom is -0.393 e. The number of hydrogen-bond donors (Lipinski definition) is 2. The molecule has 5 nitrogen and oxygen atoms in total. The fourth-order valence-electron chi connectivity index (χ4n) is 2.13. The lowest BCUT2D eigenvalue weighted by molar-refractivity contribution is 0.0294. The number of thiazole rings is 1. The maximum atomic E-state index is 12.2. The highest BCUT2D eigenvalue weighted by molar-refractivity contribution is 7.09. The minimum absolute atomic E-state index is 0.0340. The molecule has 1 aliphatic heterocycles. The molecule has 2 unspecified atom stereocenters. The zero-order valence-corrected chi connectivity index (χ0v) is 11.3. The quantitative estimate of drug-likeness (QED) is 0.837. The normalized spacial score (nSPS) is 24.3. The van der Waals surface area contributed by atoms with E-state index in [0.717, 1.165) is 5.01 Å². The fraction of sp³-hybridized carbons (Fsp3) is 0.667. The Hall–Kier alpha value is -0.980. The largest absolute Gasteiger partial charge is 0.393 e. The Morgan fingerprint density at radius 2 is 2.50 bits per heavy atom. The van der Waals surface area contributed by atoms with Crippen LogP contribution in [-0.4, -0.2) is 46.6 Å². The summed E-state index contributed by atoms with van der Waals surface area (Å²) in [6, 6.07) is 0. The smallest absolute Gasteiger partial charge is 0.273 e. The number of carbonyl (C=O) groups excluding carboxylic acids is 1. The molecule has 1 saturated heterocycles. The predicted molar refractivity (Wildman–Crippen MR) is 70.6 cm³/mol. The minimum atomic E-state index is -0.294. The molecule has 1 aromatic heterocycles. The van der Waals surface area contributed by atoms with Gasteiger partial charge in [0, 0.05) is 24.9 Å². The number of rotatable bonds is 3. The number of aromatic nitrogens is 1. The first kappa shape index (κ1) is 13.5. The van der Waals surface area contributed by atoms with E-state index in [4.69, 9.17) is 5.73 Å². The molecule has 0 aromatic carbocycles. The van der Waals surface area contributed by atoms with Crippen molar-refractivity contribution in [2.75, 3.05) is 19.6 Å². The summed E-state index contributed by atoms with van der Waals surface area (Å²) in [4.78, 5) is 18.3. The average molecular weight is 269 g/mol. The topological polar surface area (TPSA) is 79.5 Å². The summed E-state index contributed by atoms with van der Waals surface area (Å²) in [7, 11) is 0. The lowest BCUT2D eigenvalue weighted by Gasteiger charge is -2.33. The second-order valence-corrected chi connectivity index (χ2v) is 5.69. The molecule has 6 heteroatoms. The first-order valence-corrected chi connectivity index (χ1v) is 7.11. The van der Waals surface area contributed by atoms with Crippen molar-refractivity contribution in [3.05, 3.63) is 16.1 Å². The molecular weight excluding hydrogens is 250 g/mol. The standard InChI is InChI=1S/C12H19N3O2S/c1-8-6-15(5-3-10(8)16)12(17)9-7-18-11(14-9)2-4-13/h7-8,10,16H,2-6,13H2,1H3. The van der Waals surface area contributed by atoms with Crippen LogP contribution in [0.1, 0.15) is 28.8 Å². The van der Waals surface area contributed by atoms with Crippen LogP contribution in [-0.2, 0) is 6.42 Å². The van der Waals surface area contributed by atoms with Crippen molar-refractivity contribution in [1.29, 1.82) is 0 Å². The average Bonchev–Trinajstić information content (AvgIpc) is 2.81. The lowest BCUT2D eigenvalue weighted by Crippen LogP contribution is -2.45. The highest BCUT2D eigenvalue weighted by Gasteiger charge is 2.28. The Kier molecular flexibility index (Phi) is 4.31. The SMILES string of the molecule is CC1CN(C(=O)c2csc(CCN)n2)CCC1O. The monoisotopic (exact) mass is 269 g/mol. The number of likely N-dealkylation sites (tertiary alicyclic amines) is 1. The summed E-state index contributed by atoms with van der Waals surface area (Å²) in [5.74, 6) is 0.0955. The van der Waals surface area contributed by atoms with Crippen molar-refractivity contribution >= 4 is 17.2 Å². The van der Waals surface area contributed by atoms with Crippen LogP contribution in [0.4, 0.5) is 0 Å². The molecule has 2 atom stereocenters. The maximum absolute atomic E-state index is 12.2. The van der Waals surface area contributed by atoms with Gasteiger partial charge >= 0.3 is 0 Å². The Balaban J connectivity index is 2.02. The molecular formula is C12H19N3O2S. The molecule has 1 amide bonds. The number of aliphatic hydroxyl groups is 1.